The lowest BCUT2D eigenvalue weighted by Crippen LogP contribution is -2.03. The third-order valence-electron chi connectivity index (χ3n) is 0.827. The molecule has 6 heteroatoms. The molecule has 1 aromatic heterocycles. The molecule has 0 atom stereocenters. The number of carbonyl (C=O) groups excluding carboxylic acids is 1. The van der Waals surface area contributed by atoms with Crippen molar-refractivity contribution in [2.24, 2.45) is 0 Å². The van der Waals surface area contributed by atoms with E-state index in [1.165, 1.54) is 7.11 Å². The summed E-state index contributed by atoms with van der Waals surface area (Å²) >= 11 is 1.83. The average Bonchev–Trinajstić information content (AvgIpc) is 2.34. The Hall–Kier alpha value is -0.660. The smallest absolute Gasteiger partial charge is 0.363 e. The van der Waals surface area contributed by atoms with Crippen molar-refractivity contribution in [1.82, 2.24) is 10.3 Å². The zero-order chi connectivity index (χ0) is 7.56. The molecule has 0 aromatic carbocycles. The molecule has 1 heterocycles. The number of esters is 1. The van der Waals surface area contributed by atoms with E-state index in [-0.39, 0.29) is 5.69 Å². The maximum Gasteiger partial charge on any atom is 0.363 e. The van der Waals surface area contributed by atoms with Gasteiger partial charge in [0, 0.05) is 0 Å². The number of nitrogens with zero attached hydrogens (tertiary/aromatic N) is 2. The number of carbonyl (C=O) groups is 1. The highest BCUT2D eigenvalue weighted by molar-refractivity contribution is 14.1. The van der Waals surface area contributed by atoms with E-state index in [1.807, 2.05) is 22.6 Å². The predicted octanol–water partition coefficient (Wildman–Crippen LogP) is 0.461. The van der Waals surface area contributed by atoms with E-state index in [2.05, 4.69) is 19.7 Å². The summed E-state index contributed by atoms with van der Waals surface area (Å²) in [5.74, 6) is -0.536. The van der Waals surface area contributed by atoms with Crippen molar-refractivity contribution in [3.05, 3.63) is 9.39 Å². The number of rotatable bonds is 1. The van der Waals surface area contributed by atoms with Gasteiger partial charge in [0.05, 0.1) is 7.11 Å². The lowest BCUT2D eigenvalue weighted by Gasteiger charge is -1.89. The summed E-state index contributed by atoms with van der Waals surface area (Å²) < 4.78 is 9.04. The molecular weight excluding hydrogens is 251 g/mol. The minimum absolute atomic E-state index is 0.114. The van der Waals surface area contributed by atoms with Crippen LogP contribution in [0.5, 0.6) is 0 Å². The molecule has 0 unspecified atom stereocenters. The molecule has 0 aliphatic rings. The highest BCUT2D eigenvalue weighted by Gasteiger charge is 2.15. The van der Waals surface area contributed by atoms with Crippen molar-refractivity contribution in [3.63, 3.8) is 0 Å². The van der Waals surface area contributed by atoms with Crippen molar-refractivity contribution in [1.29, 1.82) is 0 Å². The van der Waals surface area contributed by atoms with Gasteiger partial charge in [-0.2, -0.15) is 0 Å². The predicted molar refractivity (Wildman–Crippen MR) is 38.4 cm³/mol. The van der Waals surface area contributed by atoms with Gasteiger partial charge in [-0.15, -0.1) is 0 Å². The van der Waals surface area contributed by atoms with Gasteiger partial charge in [0.25, 0.3) is 0 Å². The Morgan fingerprint density at radius 3 is 2.80 bits per heavy atom. The van der Waals surface area contributed by atoms with E-state index in [0.29, 0.717) is 3.70 Å². The van der Waals surface area contributed by atoms with Gasteiger partial charge in [0.15, 0.2) is 3.70 Å². The van der Waals surface area contributed by atoms with Gasteiger partial charge in [-0.25, -0.2) is 9.42 Å². The van der Waals surface area contributed by atoms with Crippen LogP contribution in [-0.4, -0.2) is 23.4 Å². The maximum absolute atomic E-state index is 10.7. The normalized spacial score (nSPS) is 9.40. The first-order valence-corrected chi connectivity index (χ1v) is 3.40. The van der Waals surface area contributed by atoms with Crippen LogP contribution in [0.3, 0.4) is 0 Å². The standard InChI is InChI=1S/C4H3IN2O3/c1-9-4(8)2-3(5)7-10-6-2/h1H3. The monoisotopic (exact) mass is 254 g/mol. The number of hydrogen-bond donors (Lipinski definition) is 0. The molecule has 0 radical (unpaired) electrons. The van der Waals surface area contributed by atoms with Crippen LogP contribution in [0.2, 0.25) is 0 Å². The van der Waals surface area contributed by atoms with E-state index in [0.717, 1.165) is 0 Å². The second kappa shape index (κ2) is 2.95. The second-order valence-electron chi connectivity index (χ2n) is 1.40. The fourth-order valence-corrected chi connectivity index (χ4v) is 0.803. The summed E-state index contributed by atoms with van der Waals surface area (Å²) in [7, 11) is 1.27. The molecule has 0 spiro atoms. The summed E-state index contributed by atoms with van der Waals surface area (Å²) in [4.78, 5) is 10.7. The fourth-order valence-electron chi connectivity index (χ4n) is 0.396. The quantitative estimate of drug-likeness (QED) is 0.538. The summed E-state index contributed by atoms with van der Waals surface area (Å²) in [6.07, 6.45) is 0. The molecule has 0 fully saturated rings. The number of halogens is 1. The molecule has 0 N–H and O–H groups in total. The first-order chi connectivity index (χ1) is 4.75. The van der Waals surface area contributed by atoms with Crippen LogP contribution < -0.4 is 0 Å². The van der Waals surface area contributed by atoms with Crippen LogP contribution in [0.4, 0.5) is 0 Å². The Kier molecular flexibility index (Phi) is 2.20. The lowest BCUT2D eigenvalue weighted by molar-refractivity contribution is 0.0587. The molecule has 0 saturated carbocycles. The number of aromatic nitrogens is 2. The van der Waals surface area contributed by atoms with E-state index >= 15 is 0 Å². The van der Waals surface area contributed by atoms with Gasteiger partial charge in [-0.1, -0.05) is 0 Å². The Morgan fingerprint density at radius 2 is 2.40 bits per heavy atom. The van der Waals surface area contributed by atoms with Crippen LogP contribution in [0.25, 0.3) is 0 Å². The van der Waals surface area contributed by atoms with Gasteiger partial charge >= 0.3 is 5.97 Å². The van der Waals surface area contributed by atoms with E-state index < -0.39 is 5.97 Å². The molecule has 0 bridgehead atoms. The SMILES string of the molecule is COC(=O)c1nonc1I. The largest absolute Gasteiger partial charge is 0.464 e. The van der Waals surface area contributed by atoms with Gasteiger partial charge in [-0.3, -0.25) is 0 Å². The van der Waals surface area contributed by atoms with Crippen LogP contribution in [0.1, 0.15) is 10.5 Å². The Bertz CT molecular complexity index is 246. The first-order valence-electron chi connectivity index (χ1n) is 2.32. The molecule has 5 nitrogen and oxygen atoms in total. The summed E-state index contributed by atoms with van der Waals surface area (Å²) in [6.45, 7) is 0. The van der Waals surface area contributed by atoms with Crippen molar-refractivity contribution in [3.8, 4) is 0 Å². The summed E-state index contributed by atoms with van der Waals surface area (Å²) in [5, 5.41) is 6.70. The molecule has 1 aromatic rings. The molecule has 1 rings (SSSR count). The molecule has 0 saturated heterocycles. The summed E-state index contributed by atoms with van der Waals surface area (Å²) in [6, 6.07) is 0. The molecular formula is C4H3IN2O3. The number of ether oxygens (including phenoxy) is 1. The summed E-state index contributed by atoms with van der Waals surface area (Å²) in [5.41, 5.74) is 0.114. The lowest BCUT2D eigenvalue weighted by atomic mass is 10.5. The molecule has 54 valence electrons. The van der Waals surface area contributed by atoms with Crippen LogP contribution in [-0.2, 0) is 4.74 Å². The van der Waals surface area contributed by atoms with Crippen LogP contribution >= 0.6 is 22.6 Å². The Morgan fingerprint density at radius 1 is 1.70 bits per heavy atom. The van der Waals surface area contributed by atoms with Gasteiger partial charge < -0.3 is 4.74 Å². The maximum atomic E-state index is 10.7. The van der Waals surface area contributed by atoms with E-state index in [1.54, 1.807) is 0 Å². The van der Waals surface area contributed by atoms with Crippen molar-refractivity contribution in [2.45, 2.75) is 0 Å². The van der Waals surface area contributed by atoms with E-state index in [9.17, 15) is 4.79 Å². The average molecular weight is 254 g/mol. The van der Waals surface area contributed by atoms with Crippen LogP contribution in [0.15, 0.2) is 4.63 Å². The molecule has 10 heavy (non-hydrogen) atoms. The van der Waals surface area contributed by atoms with Gasteiger partial charge in [0.1, 0.15) is 0 Å². The molecule has 0 aliphatic heterocycles. The van der Waals surface area contributed by atoms with Gasteiger partial charge in [0.2, 0.25) is 5.69 Å². The Balaban J connectivity index is 2.93. The third-order valence-corrected chi connectivity index (χ3v) is 1.54. The number of hydrogen-bond acceptors (Lipinski definition) is 5. The first kappa shape index (κ1) is 7.45. The topological polar surface area (TPSA) is 65.2 Å². The highest BCUT2D eigenvalue weighted by Crippen LogP contribution is 2.06. The van der Waals surface area contributed by atoms with Crippen molar-refractivity contribution in [2.75, 3.05) is 7.11 Å². The zero-order valence-electron chi connectivity index (χ0n) is 5.00. The minimum Gasteiger partial charge on any atom is -0.464 e. The van der Waals surface area contributed by atoms with E-state index in [4.69, 9.17) is 0 Å². The minimum atomic E-state index is -0.536. The number of methoxy groups -OCH3 is 1. The molecule has 0 amide bonds. The highest BCUT2D eigenvalue weighted by atomic mass is 127. The second-order valence-corrected chi connectivity index (χ2v) is 2.42. The van der Waals surface area contributed by atoms with Crippen molar-refractivity contribution >= 4 is 28.6 Å². The third kappa shape index (κ3) is 1.25. The zero-order valence-corrected chi connectivity index (χ0v) is 7.15. The molecule has 0 aliphatic carbocycles. The van der Waals surface area contributed by atoms with Gasteiger partial charge in [-0.05, 0) is 32.9 Å². The van der Waals surface area contributed by atoms with Crippen LogP contribution in [0, 0.1) is 3.70 Å². The fraction of sp³-hybridized carbons (Fsp3) is 0.250. The Labute approximate surface area is 69.8 Å². The van der Waals surface area contributed by atoms with Crippen molar-refractivity contribution < 1.29 is 14.2 Å².